The van der Waals surface area contributed by atoms with Gasteiger partial charge in [0.05, 0.1) is 21.3 Å². The van der Waals surface area contributed by atoms with Gasteiger partial charge in [-0.2, -0.15) is 5.26 Å². The summed E-state index contributed by atoms with van der Waals surface area (Å²) < 4.78 is 7.24. The highest BCUT2D eigenvalue weighted by atomic mass is 32.2. The van der Waals surface area contributed by atoms with E-state index in [-0.39, 0.29) is 0 Å². The maximum atomic E-state index is 12.6. The van der Waals surface area contributed by atoms with E-state index in [2.05, 4.69) is 10.3 Å². The van der Waals surface area contributed by atoms with Crippen molar-refractivity contribution in [3.63, 3.8) is 0 Å². The van der Waals surface area contributed by atoms with Gasteiger partial charge in [-0.3, -0.25) is 4.79 Å². The molecule has 2 aromatic carbocycles. The number of hydrogen-bond acceptors (Lipinski definition) is 8. The molecule has 0 saturated carbocycles. The third kappa shape index (κ3) is 5.11. The first-order valence-corrected chi connectivity index (χ1v) is 11.8. The van der Waals surface area contributed by atoms with E-state index < -0.39 is 18.5 Å². The fourth-order valence-electron chi connectivity index (χ4n) is 2.76. The van der Waals surface area contributed by atoms with Crippen molar-refractivity contribution >= 4 is 61.5 Å². The van der Waals surface area contributed by atoms with E-state index in [0.29, 0.717) is 21.9 Å². The zero-order valence-electron chi connectivity index (χ0n) is 16.0. The minimum absolute atomic E-state index is 0.377. The average molecular weight is 466 g/mol. The fraction of sp³-hybridized carbons (Fsp3) is 0.0909. The smallest absolute Gasteiger partial charge is 0.338 e. The Kier molecular flexibility index (Phi) is 6.62. The van der Waals surface area contributed by atoms with Crippen molar-refractivity contribution in [2.24, 2.45) is 0 Å². The molecule has 9 heteroatoms. The summed E-state index contributed by atoms with van der Waals surface area (Å²) in [5.41, 5.74) is 2.56. The third-order valence-electron chi connectivity index (χ3n) is 4.24. The zero-order valence-corrected chi connectivity index (χ0v) is 18.5. The highest BCUT2D eigenvalue weighted by Gasteiger charge is 2.16. The van der Waals surface area contributed by atoms with Crippen molar-refractivity contribution in [3.8, 4) is 6.07 Å². The van der Waals surface area contributed by atoms with Crippen LogP contribution < -0.4 is 5.32 Å². The van der Waals surface area contributed by atoms with E-state index in [0.717, 1.165) is 20.1 Å². The van der Waals surface area contributed by atoms with Crippen LogP contribution in [0.15, 0.2) is 64.3 Å². The highest BCUT2D eigenvalue weighted by Crippen LogP contribution is 2.32. The number of anilines is 1. The SMILES string of the molecule is N#Cc1ccsc1NC(=O)COC(=O)c1ccccc1CSc1nc2ccccc2s1. The van der Waals surface area contributed by atoms with Crippen molar-refractivity contribution in [3.05, 3.63) is 76.7 Å². The molecule has 0 fully saturated rings. The Morgan fingerprint density at radius 3 is 2.77 bits per heavy atom. The number of aromatic nitrogens is 1. The first-order chi connectivity index (χ1) is 15.1. The predicted octanol–water partition coefficient (Wildman–Crippen LogP) is 5.32. The molecule has 0 aliphatic carbocycles. The molecule has 0 aliphatic rings. The number of thiophene rings is 1. The summed E-state index contributed by atoms with van der Waals surface area (Å²) in [6.45, 7) is -0.430. The number of esters is 1. The molecule has 4 rings (SSSR count). The maximum Gasteiger partial charge on any atom is 0.338 e. The lowest BCUT2D eigenvalue weighted by Gasteiger charge is -2.09. The van der Waals surface area contributed by atoms with Gasteiger partial charge in [-0.25, -0.2) is 9.78 Å². The van der Waals surface area contributed by atoms with E-state index in [1.165, 1.54) is 11.3 Å². The third-order valence-corrected chi connectivity index (χ3v) is 7.29. The number of hydrogen-bond donors (Lipinski definition) is 1. The molecule has 0 unspecified atom stereocenters. The van der Waals surface area contributed by atoms with Gasteiger partial charge in [0, 0.05) is 5.75 Å². The molecular weight excluding hydrogens is 450 g/mol. The molecule has 31 heavy (non-hydrogen) atoms. The predicted molar refractivity (Wildman–Crippen MR) is 124 cm³/mol. The van der Waals surface area contributed by atoms with E-state index >= 15 is 0 Å². The van der Waals surface area contributed by atoms with Crippen molar-refractivity contribution in [1.29, 1.82) is 5.26 Å². The van der Waals surface area contributed by atoms with E-state index in [1.54, 1.807) is 46.7 Å². The van der Waals surface area contributed by atoms with Gasteiger partial charge in [-0.05, 0) is 35.2 Å². The van der Waals surface area contributed by atoms with Crippen LogP contribution in [0.4, 0.5) is 5.00 Å². The number of carbonyl (C=O) groups is 2. The molecule has 0 bridgehead atoms. The fourth-order valence-corrected chi connectivity index (χ4v) is 5.59. The van der Waals surface area contributed by atoms with Crippen LogP contribution >= 0.6 is 34.4 Å². The topological polar surface area (TPSA) is 92.1 Å². The average Bonchev–Trinajstić information content (AvgIpc) is 3.42. The number of thiazole rings is 1. The molecule has 6 nitrogen and oxygen atoms in total. The summed E-state index contributed by atoms with van der Waals surface area (Å²) in [6, 6.07) is 18.7. The van der Waals surface area contributed by atoms with Gasteiger partial charge in [-0.15, -0.1) is 22.7 Å². The molecule has 1 amide bonds. The van der Waals surface area contributed by atoms with Gasteiger partial charge in [0.15, 0.2) is 10.9 Å². The Hall–Kier alpha value is -3.19. The molecule has 0 atom stereocenters. The van der Waals surface area contributed by atoms with Crippen LogP contribution in [0, 0.1) is 11.3 Å². The number of rotatable bonds is 7. The molecular formula is C22H15N3O3S3. The van der Waals surface area contributed by atoms with Crippen LogP contribution in [-0.4, -0.2) is 23.5 Å². The Morgan fingerprint density at radius 1 is 1.13 bits per heavy atom. The molecule has 0 radical (unpaired) electrons. The number of nitriles is 1. The molecule has 0 saturated heterocycles. The van der Waals surface area contributed by atoms with Crippen molar-refractivity contribution < 1.29 is 14.3 Å². The van der Waals surface area contributed by atoms with Crippen LogP contribution in [0.2, 0.25) is 0 Å². The summed E-state index contributed by atoms with van der Waals surface area (Å²) in [5.74, 6) is -0.506. The normalized spacial score (nSPS) is 10.5. The molecule has 0 spiro atoms. The lowest BCUT2D eigenvalue weighted by Crippen LogP contribution is -2.21. The number of fused-ring (bicyclic) bond motifs is 1. The largest absolute Gasteiger partial charge is 0.452 e. The van der Waals surface area contributed by atoms with Crippen molar-refractivity contribution in [2.45, 2.75) is 10.1 Å². The van der Waals surface area contributed by atoms with Gasteiger partial charge >= 0.3 is 5.97 Å². The summed E-state index contributed by atoms with van der Waals surface area (Å²) >= 11 is 4.40. The zero-order chi connectivity index (χ0) is 21.6. The molecule has 2 aromatic heterocycles. The summed E-state index contributed by atoms with van der Waals surface area (Å²) in [5, 5.41) is 13.7. The molecule has 2 heterocycles. The van der Waals surface area contributed by atoms with Gasteiger partial charge in [-0.1, -0.05) is 42.1 Å². The van der Waals surface area contributed by atoms with Gasteiger partial charge in [0.1, 0.15) is 11.1 Å². The number of nitrogens with one attached hydrogen (secondary N) is 1. The number of amides is 1. The monoisotopic (exact) mass is 465 g/mol. The quantitative estimate of drug-likeness (QED) is 0.293. The highest BCUT2D eigenvalue weighted by molar-refractivity contribution is 8.00. The van der Waals surface area contributed by atoms with Crippen molar-refractivity contribution in [1.82, 2.24) is 4.98 Å². The maximum absolute atomic E-state index is 12.6. The standard InChI is InChI=1S/C22H15N3O3S3/c23-11-14-9-10-29-20(14)25-19(26)12-28-21(27)16-6-2-1-5-15(16)13-30-22-24-17-7-3-4-8-18(17)31-22/h1-10H,12-13H2,(H,25,26). The lowest BCUT2D eigenvalue weighted by molar-refractivity contribution is -0.119. The molecule has 154 valence electrons. The van der Waals surface area contributed by atoms with Gasteiger partial charge in [0.2, 0.25) is 0 Å². The Morgan fingerprint density at radius 2 is 1.94 bits per heavy atom. The molecule has 0 aliphatic heterocycles. The summed E-state index contributed by atoms with van der Waals surface area (Å²) in [4.78, 5) is 29.3. The second-order valence-corrected chi connectivity index (χ2v) is 9.46. The van der Waals surface area contributed by atoms with Crippen LogP contribution in [0.1, 0.15) is 21.5 Å². The second-order valence-electron chi connectivity index (χ2n) is 6.29. The summed E-state index contributed by atoms with van der Waals surface area (Å²) in [6.07, 6.45) is 0. The number of carbonyl (C=O) groups excluding carboxylic acids is 2. The van der Waals surface area contributed by atoms with Crippen LogP contribution in [0.25, 0.3) is 10.2 Å². The van der Waals surface area contributed by atoms with Crippen LogP contribution in [0.5, 0.6) is 0 Å². The Balaban J connectivity index is 1.37. The van der Waals surface area contributed by atoms with E-state index in [1.807, 2.05) is 42.5 Å². The minimum atomic E-state index is -0.567. The van der Waals surface area contributed by atoms with Gasteiger partial charge < -0.3 is 10.1 Å². The number of thioether (sulfide) groups is 1. The minimum Gasteiger partial charge on any atom is -0.452 e. The number of nitrogens with zero attached hydrogens (tertiary/aromatic N) is 2. The Bertz CT molecular complexity index is 1260. The van der Waals surface area contributed by atoms with Gasteiger partial charge in [0.25, 0.3) is 5.91 Å². The number of para-hydroxylation sites is 1. The number of benzene rings is 2. The Labute approximate surface area is 190 Å². The lowest BCUT2D eigenvalue weighted by atomic mass is 10.1. The van der Waals surface area contributed by atoms with E-state index in [4.69, 9.17) is 10.00 Å². The second kappa shape index (κ2) is 9.75. The first-order valence-electron chi connectivity index (χ1n) is 9.15. The van der Waals surface area contributed by atoms with Crippen LogP contribution in [0.3, 0.4) is 0 Å². The molecule has 4 aromatic rings. The van der Waals surface area contributed by atoms with Crippen LogP contribution in [-0.2, 0) is 15.3 Å². The summed E-state index contributed by atoms with van der Waals surface area (Å²) in [7, 11) is 0. The van der Waals surface area contributed by atoms with Crippen molar-refractivity contribution in [2.75, 3.05) is 11.9 Å². The molecule has 1 N–H and O–H groups in total. The first kappa shape index (κ1) is 21.1. The number of ether oxygens (including phenoxy) is 1. The van der Waals surface area contributed by atoms with E-state index in [9.17, 15) is 9.59 Å².